The van der Waals surface area contributed by atoms with Gasteiger partial charge in [0, 0.05) is 35.6 Å². The van der Waals surface area contributed by atoms with E-state index in [1.165, 1.54) is 16.9 Å². The monoisotopic (exact) mass is 451 g/mol. The predicted octanol–water partition coefficient (Wildman–Crippen LogP) is 3.84. The summed E-state index contributed by atoms with van der Waals surface area (Å²) in [7, 11) is 1.91. The number of hydroxylamine groups is 2. The number of likely N-dealkylation sites (tertiary alicyclic amines) is 1. The minimum atomic E-state index is -0.382. The Bertz CT molecular complexity index is 785. The van der Waals surface area contributed by atoms with Gasteiger partial charge in [-0.2, -0.15) is 16.9 Å². The highest BCUT2D eigenvalue weighted by Crippen LogP contribution is 2.40. The van der Waals surface area contributed by atoms with E-state index in [2.05, 4.69) is 43.1 Å². The molecule has 8 heteroatoms. The molecule has 1 fully saturated rings. The van der Waals surface area contributed by atoms with Crippen LogP contribution in [0.2, 0.25) is 0 Å². The van der Waals surface area contributed by atoms with E-state index in [1.54, 1.807) is 9.96 Å². The second kappa shape index (κ2) is 9.40. The molecule has 2 aliphatic heterocycles. The van der Waals surface area contributed by atoms with E-state index in [1.807, 2.05) is 27.8 Å². The lowest BCUT2D eigenvalue weighted by Gasteiger charge is -2.28. The molecular formula is C22H33N3O3S2. The van der Waals surface area contributed by atoms with Crippen LogP contribution < -0.4 is 5.32 Å². The molecular weight excluding hydrogens is 418 g/mol. The first kappa shape index (κ1) is 23.3. The largest absolute Gasteiger partial charge is 0.348 e. The zero-order chi connectivity index (χ0) is 22.1. The molecule has 3 atom stereocenters. The summed E-state index contributed by atoms with van der Waals surface area (Å²) in [5.41, 5.74) is 2.24. The Hall–Kier alpha value is -1.38. The number of amides is 2. The molecule has 3 unspecified atom stereocenters. The first-order chi connectivity index (χ1) is 14.1. The number of hydrogen-bond acceptors (Lipinski definition) is 6. The van der Waals surface area contributed by atoms with Crippen molar-refractivity contribution in [1.29, 1.82) is 0 Å². The van der Waals surface area contributed by atoms with Crippen molar-refractivity contribution in [2.75, 3.05) is 13.6 Å². The van der Waals surface area contributed by atoms with Gasteiger partial charge in [0.2, 0.25) is 11.8 Å². The van der Waals surface area contributed by atoms with Crippen molar-refractivity contribution >= 4 is 36.5 Å². The van der Waals surface area contributed by atoms with E-state index in [4.69, 9.17) is 4.28 Å². The summed E-state index contributed by atoms with van der Waals surface area (Å²) in [6.07, 6.45) is 9.26. The first-order valence-corrected chi connectivity index (χ1v) is 11.8. The van der Waals surface area contributed by atoms with Gasteiger partial charge < -0.3 is 10.2 Å². The quantitative estimate of drug-likeness (QED) is 0.475. The molecule has 0 aromatic rings. The summed E-state index contributed by atoms with van der Waals surface area (Å²) in [6.45, 7) is 8.54. The minimum Gasteiger partial charge on any atom is -0.348 e. The van der Waals surface area contributed by atoms with Gasteiger partial charge in [-0.3, -0.25) is 9.59 Å². The average molecular weight is 452 g/mol. The highest BCUT2D eigenvalue weighted by molar-refractivity contribution is 7.98. The molecule has 1 saturated heterocycles. The fourth-order valence-electron chi connectivity index (χ4n) is 4.05. The molecule has 0 radical (unpaired) electrons. The van der Waals surface area contributed by atoms with Crippen molar-refractivity contribution in [3.63, 3.8) is 0 Å². The van der Waals surface area contributed by atoms with Crippen molar-refractivity contribution in [2.45, 2.75) is 70.2 Å². The van der Waals surface area contributed by atoms with Crippen molar-refractivity contribution in [3.8, 4) is 0 Å². The number of carbonyl (C=O) groups is 2. The second-order valence-corrected chi connectivity index (χ2v) is 10.9. The molecule has 2 heterocycles. The van der Waals surface area contributed by atoms with Crippen LogP contribution >= 0.6 is 24.7 Å². The Kier molecular flexibility index (Phi) is 7.30. The van der Waals surface area contributed by atoms with Gasteiger partial charge in [-0.05, 0) is 38.7 Å². The lowest BCUT2D eigenvalue weighted by Crippen LogP contribution is -2.49. The molecule has 3 aliphatic rings. The van der Waals surface area contributed by atoms with Crippen LogP contribution in [-0.2, 0) is 13.9 Å². The van der Waals surface area contributed by atoms with Gasteiger partial charge >= 0.3 is 0 Å². The SMILES string of the molecule is CC1=C(C2C=CC(C(C)NC(=O)C3CCCN3C(=O)CC(C)(C)S)=CC2)SON1C. The van der Waals surface area contributed by atoms with Crippen LogP contribution in [0, 0.1) is 5.92 Å². The predicted molar refractivity (Wildman–Crippen MR) is 124 cm³/mol. The van der Waals surface area contributed by atoms with E-state index in [-0.39, 0.29) is 28.6 Å². The lowest BCUT2D eigenvalue weighted by atomic mass is 9.92. The summed E-state index contributed by atoms with van der Waals surface area (Å²) in [4.78, 5) is 28.5. The van der Waals surface area contributed by atoms with Crippen molar-refractivity contribution in [2.24, 2.45) is 5.92 Å². The van der Waals surface area contributed by atoms with Crippen molar-refractivity contribution in [1.82, 2.24) is 15.3 Å². The van der Waals surface area contributed by atoms with Crippen molar-refractivity contribution < 1.29 is 13.9 Å². The maximum absolute atomic E-state index is 12.9. The Morgan fingerprint density at radius 3 is 2.73 bits per heavy atom. The van der Waals surface area contributed by atoms with Crippen LogP contribution in [0.25, 0.3) is 0 Å². The summed E-state index contributed by atoms with van der Waals surface area (Å²) >= 11 is 5.89. The van der Waals surface area contributed by atoms with Gasteiger partial charge in [0.1, 0.15) is 6.04 Å². The van der Waals surface area contributed by atoms with E-state index < -0.39 is 0 Å². The number of hydrogen-bond donors (Lipinski definition) is 2. The van der Waals surface area contributed by atoms with Crippen molar-refractivity contribution in [3.05, 3.63) is 34.4 Å². The van der Waals surface area contributed by atoms with Gasteiger partial charge in [0.15, 0.2) is 0 Å². The molecule has 30 heavy (non-hydrogen) atoms. The molecule has 0 spiro atoms. The number of nitrogens with zero attached hydrogens (tertiary/aromatic N) is 2. The third-order valence-electron chi connectivity index (χ3n) is 5.85. The summed E-state index contributed by atoms with van der Waals surface area (Å²) in [5.74, 6) is 0.241. The summed E-state index contributed by atoms with van der Waals surface area (Å²) in [6, 6.07) is -0.481. The van der Waals surface area contributed by atoms with Crippen LogP contribution in [0.15, 0.2) is 34.4 Å². The maximum Gasteiger partial charge on any atom is 0.243 e. The maximum atomic E-state index is 12.9. The lowest BCUT2D eigenvalue weighted by molar-refractivity contribution is -0.138. The van der Waals surface area contributed by atoms with Gasteiger partial charge in [-0.25, -0.2) is 5.06 Å². The fourth-order valence-corrected chi connectivity index (χ4v) is 5.04. The van der Waals surface area contributed by atoms with Gasteiger partial charge in [0.25, 0.3) is 0 Å². The second-order valence-electron chi connectivity index (χ2n) is 8.98. The topological polar surface area (TPSA) is 61.9 Å². The minimum absolute atomic E-state index is 0.00446. The molecule has 0 aromatic carbocycles. The molecule has 0 bridgehead atoms. The average Bonchev–Trinajstić information content (AvgIpc) is 3.28. The van der Waals surface area contributed by atoms with Crippen LogP contribution in [0.5, 0.6) is 0 Å². The van der Waals surface area contributed by atoms with Gasteiger partial charge in [-0.15, -0.1) is 0 Å². The molecule has 6 nitrogen and oxygen atoms in total. The third kappa shape index (κ3) is 5.45. The van der Waals surface area contributed by atoms with Crippen LogP contribution in [0.1, 0.15) is 53.4 Å². The van der Waals surface area contributed by atoms with Gasteiger partial charge in [0.05, 0.1) is 23.8 Å². The smallest absolute Gasteiger partial charge is 0.243 e. The Morgan fingerprint density at radius 2 is 2.17 bits per heavy atom. The van der Waals surface area contributed by atoms with E-state index in [0.29, 0.717) is 25.3 Å². The molecule has 1 N–H and O–H groups in total. The van der Waals surface area contributed by atoms with Gasteiger partial charge in [-0.1, -0.05) is 32.1 Å². The van der Waals surface area contributed by atoms with Crippen LogP contribution in [-0.4, -0.2) is 52.2 Å². The highest BCUT2D eigenvalue weighted by atomic mass is 32.2. The summed E-state index contributed by atoms with van der Waals surface area (Å²) in [5, 5.41) is 4.91. The van der Waals surface area contributed by atoms with Crippen LogP contribution in [0.3, 0.4) is 0 Å². The third-order valence-corrected chi connectivity index (χ3v) is 7.09. The Morgan fingerprint density at radius 1 is 1.43 bits per heavy atom. The fraction of sp³-hybridized carbons (Fsp3) is 0.636. The van der Waals surface area contributed by atoms with E-state index in [0.717, 1.165) is 24.1 Å². The standard InChI is InChI=1S/C22H33N3O3S2/c1-14(16-8-10-17(11-9-16)20-15(2)24(5)28-30-20)23-21(27)18-7-6-12-25(18)19(26)13-22(3,4)29/h8-10,14,17-18,29H,6-7,11-13H2,1-5H3,(H,23,27). The molecule has 0 saturated carbocycles. The van der Waals surface area contributed by atoms with E-state index in [9.17, 15) is 9.59 Å². The molecule has 0 aromatic heterocycles. The zero-order valence-corrected chi connectivity index (χ0v) is 20.2. The Balaban J connectivity index is 1.57. The molecule has 1 aliphatic carbocycles. The highest BCUT2D eigenvalue weighted by Gasteiger charge is 2.36. The number of allylic oxidation sites excluding steroid dienone is 4. The molecule has 166 valence electrons. The van der Waals surface area contributed by atoms with Crippen LogP contribution in [0.4, 0.5) is 0 Å². The van der Waals surface area contributed by atoms with E-state index >= 15 is 0 Å². The number of thiol groups is 1. The molecule has 2 amide bonds. The number of rotatable bonds is 6. The first-order valence-electron chi connectivity index (χ1n) is 10.6. The molecule has 3 rings (SSSR count). The Labute approximate surface area is 189 Å². The zero-order valence-electron chi connectivity index (χ0n) is 18.5. The number of carbonyl (C=O) groups excluding carboxylic acids is 2. The summed E-state index contributed by atoms with van der Waals surface area (Å²) < 4.78 is 5.12. The normalized spacial score (nSPS) is 25.6. The number of nitrogens with one attached hydrogen (secondary N) is 1.